The number of Topliss-reactive ketones (excluding diaryl/α,β-unsaturated/α-hetero) is 1. The number of carbonyl (C=O) groups excluding carboxylic acids is 3. The molecule has 240 valence electrons. The first-order valence-electron chi connectivity index (χ1n) is 15.2. The molecule has 0 saturated carbocycles. The number of aromatic nitrogens is 1. The van der Waals surface area contributed by atoms with Gasteiger partial charge in [0.2, 0.25) is 0 Å². The number of hydrogen-bond donors (Lipinski definition) is 1. The Bertz CT molecular complexity index is 1550. The van der Waals surface area contributed by atoms with E-state index in [0.717, 1.165) is 43.4 Å². The van der Waals surface area contributed by atoms with Crippen molar-refractivity contribution < 1.29 is 38.4 Å². The summed E-state index contributed by atoms with van der Waals surface area (Å²) in [6.45, 7) is 9.10. The molecule has 0 spiro atoms. The van der Waals surface area contributed by atoms with Gasteiger partial charge in [-0.3, -0.25) is 14.5 Å². The molecule has 1 aromatic heterocycles. The van der Waals surface area contributed by atoms with Crippen LogP contribution in [0.25, 0.3) is 5.76 Å². The normalized spacial score (nSPS) is 15.8. The Balaban J connectivity index is 1.83. The lowest BCUT2D eigenvalue weighted by molar-refractivity contribution is -0.132. The molecular weight excluding hydrogens is 596 g/mol. The first kappa shape index (κ1) is 33.5. The second-order valence-corrected chi connectivity index (χ2v) is 11.5. The highest BCUT2D eigenvalue weighted by atomic mass is 32.1. The summed E-state index contributed by atoms with van der Waals surface area (Å²) in [6, 6.07) is 10.8. The molecule has 0 bridgehead atoms. The molecule has 0 unspecified atom stereocenters. The van der Waals surface area contributed by atoms with E-state index in [1.165, 1.54) is 12.0 Å². The maximum Gasteiger partial charge on any atom is 0.350 e. The molecule has 4 rings (SSSR count). The number of ether oxygens (including phenoxy) is 4. The van der Waals surface area contributed by atoms with Crippen molar-refractivity contribution in [1.29, 1.82) is 0 Å². The van der Waals surface area contributed by atoms with E-state index in [4.69, 9.17) is 18.9 Å². The molecular formula is C34H40N2O8S. The van der Waals surface area contributed by atoms with Crippen molar-refractivity contribution in [2.75, 3.05) is 31.8 Å². The first-order valence-corrected chi connectivity index (χ1v) is 16.1. The van der Waals surface area contributed by atoms with E-state index < -0.39 is 23.7 Å². The first-order chi connectivity index (χ1) is 21.7. The molecule has 1 saturated heterocycles. The third-order valence-electron chi connectivity index (χ3n) is 7.29. The van der Waals surface area contributed by atoms with Gasteiger partial charge in [-0.05, 0) is 68.7 Å². The van der Waals surface area contributed by atoms with Crippen LogP contribution in [-0.4, -0.2) is 54.7 Å². The van der Waals surface area contributed by atoms with E-state index in [1.54, 1.807) is 49.4 Å². The Morgan fingerprint density at radius 3 is 2.31 bits per heavy atom. The van der Waals surface area contributed by atoms with Crippen LogP contribution in [0.15, 0.2) is 48.0 Å². The highest BCUT2D eigenvalue weighted by Gasteiger charge is 2.48. The number of carbonyl (C=O) groups is 3. The number of aliphatic hydroxyl groups excluding tert-OH is 1. The number of methoxy groups -OCH3 is 1. The lowest BCUT2D eigenvalue weighted by atomic mass is 9.95. The molecule has 10 nitrogen and oxygen atoms in total. The molecule has 1 N–H and O–H groups in total. The molecule has 0 radical (unpaired) electrons. The number of ketones is 1. The highest BCUT2D eigenvalue weighted by molar-refractivity contribution is 7.17. The summed E-state index contributed by atoms with van der Waals surface area (Å²) in [7, 11) is 1.26. The Labute approximate surface area is 267 Å². The molecule has 1 aliphatic rings. The topological polar surface area (TPSA) is 124 Å². The monoisotopic (exact) mass is 636 g/mol. The number of aliphatic hydroxyl groups is 1. The number of hydrogen-bond acceptors (Lipinski definition) is 10. The average molecular weight is 637 g/mol. The van der Waals surface area contributed by atoms with Gasteiger partial charge < -0.3 is 24.1 Å². The number of esters is 1. The van der Waals surface area contributed by atoms with Crippen LogP contribution in [0, 0.1) is 6.92 Å². The third kappa shape index (κ3) is 7.47. The predicted octanol–water partition coefficient (Wildman–Crippen LogP) is 7.01. The van der Waals surface area contributed by atoms with Gasteiger partial charge in [-0.15, -0.1) is 0 Å². The molecule has 2 aromatic carbocycles. The van der Waals surface area contributed by atoms with E-state index >= 15 is 0 Å². The minimum absolute atomic E-state index is 0.119. The zero-order chi connectivity index (χ0) is 32.5. The number of nitrogens with zero attached hydrogens (tertiary/aromatic N) is 2. The van der Waals surface area contributed by atoms with Gasteiger partial charge in [0.15, 0.2) is 16.6 Å². The molecule has 3 aromatic rings. The van der Waals surface area contributed by atoms with Gasteiger partial charge >= 0.3 is 11.9 Å². The van der Waals surface area contributed by atoms with Crippen LogP contribution in [0.3, 0.4) is 0 Å². The summed E-state index contributed by atoms with van der Waals surface area (Å²) >= 11 is 0.938. The van der Waals surface area contributed by atoms with Crippen LogP contribution in [-0.2, 0) is 14.3 Å². The zero-order valence-electron chi connectivity index (χ0n) is 26.4. The van der Waals surface area contributed by atoms with Crippen molar-refractivity contribution in [2.45, 2.75) is 65.8 Å². The van der Waals surface area contributed by atoms with Gasteiger partial charge in [0.1, 0.15) is 16.4 Å². The summed E-state index contributed by atoms with van der Waals surface area (Å²) in [6.07, 6.45) is 4.88. The minimum Gasteiger partial charge on any atom is -0.507 e. The standard InChI is InChI=1S/C34H40N2O8S/c1-6-9-11-19-44-25-17-14-23(20-26(25)42-8-3)28-27(29(37)22-12-15-24(16-13-22)43-18-10-7-2)30(38)32(39)36(28)34-35-21(4)31(45-34)33(40)41-5/h12-17,20,28,37H,6-11,18-19H2,1-5H3/t28-/m1/s1. The summed E-state index contributed by atoms with van der Waals surface area (Å²) in [4.78, 5) is 45.7. The molecule has 1 aliphatic heterocycles. The van der Waals surface area contributed by atoms with Crippen LogP contribution in [0.5, 0.6) is 17.2 Å². The zero-order valence-corrected chi connectivity index (χ0v) is 27.2. The molecule has 45 heavy (non-hydrogen) atoms. The predicted molar refractivity (Wildman–Crippen MR) is 172 cm³/mol. The fraction of sp³-hybridized carbons (Fsp3) is 0.412. The van der Waals surface area contributed by atoms with E-state index in [1.807, 2.05) is 6.92 Å². The molecule has 11 heteroatoms. The maximum absolute atomic E-state index is 13.7. The SMILES string of the molecule is CCCCCOc1ccc([C@@H]2C(=C(O)c3ccc(OCCCC)cc3)C(=O)C(=O)N2c2nc(C)c(C(=O)OC)s2)cc1OCC. The fourth-order valence-corrected chi connectivity index (χ4v) is 5.94. The Hall–Kier alpha value is -4.38. The smallest absolute Gasteiger partial charge is 0.350 e. The van der Waals surface area contributed by atoms with Crippen LogP contribution >= 0.6 is 11.3 Å². The van der Waals surface area contributed by atoms with Gasteiger partial charge in [-0.1, -0.05) is 50.5 Å². The highest BCUT2D eigenvalue weighted by Crippen LogP contribution is 2.45. The van der Waals surface area contributed by atoms with Crippen molar-refractivity contribution in [3.8, 4) is 17.2 Å². The van der Waals surface area contributed by atoms with Gasteiger partial charge in [-0.2, -0.15) is 0 Å². The van der Waals surface area contributed by atoms with Crippen LogP contribution in [0.2, 0.25) is 0 Å². The number of aryl methyl sites for hydroxylation is 1. The van der Waals surface area contributed by atoms with Gasteiger partial charge in [-0.25, -0.2) is 9.78 Å². The Morgan fingerprint density at radius 1 is 0.933 bits per heavy atom. The average Bonchev–Trinajstić information content (AvgIpc) is 3.55. The second kappa shape index (κ2) is 15.6. The van der Waals surface area contributed by atoms with Crippen molar-refractivity contribution in [2.24, 2.45) is 0 Å². The maximum atomic E-state index is 13.7. The Morgan fingerprint density at radius 2 is 1.64 bits per heavy atom. The fourth-order valence-electron chi connectivity index (χ4n) is 4.93. The number of amides is 1. The number of unbranched alkanes of at least 4 members (excludes halogenated alkanes) is 3. The summed E-state index contributed by atoms with van der Waals surface area (Å²) in [5.41, 5.74) is 1.07. The van der Waals surface area contributed by atoms with E-state index in [-0.39, 0.29) is 21.3 Å². The number of anilines is 1. The summed E-state index contributed by atoms with van der Waals surface area (Å²) < 4.78 is 22.5. The van der Waals surface area contributed by atoms with E-state index in [0.29, 0.717) is 53.9 Å². The van der Waals surface area contributed by atoms with Gasteiger partial charge in [0.05, 0.1) is 44.2 Å². The van der Waals surface area contributed by atoms with Crippen molar-refractivity contribution in [1.82, 2.24) is 4.98 Å². The van der Waals surface area contributed by atoms with Crippen molar-refractivity contribution >= 4 is 39.9 Å². The number of rotatable bonds is 15. The minimum atomic E-state index is -1.07. The van der Waals surface area contributed by atoms with E-state index in [2.05, 4.69) is 18.8 Å². The molecule has 1 atom stereocenters. The quantitative estimate of drug-likeness (QED) is 0.0617. The lowest BCUT2D eigenvalue weighted by Gasteiger charge is -2.24. The summed E-state index contributed by atoms with van der Waals surface area (Å²) in [5, 5.41) is 11.7. The third-order valence-corrected chi connectivity index (χ3v) is 8.43. The van der Waals surface area contributed by atoms with Crippen molar-refractivity contribution in [3.05, 3.63) is 69.7 Å². The number of thiazole rings is 1. The van der Waals surface area contributed by atoms with Gasteiger partial charge in [0.25, 0.3) is 5.78 Å². The van der Waals surface area contributed by atoms with Crippen LogP contribution < -0.4 is 19.1 Å². The van der Waals surface area contributed by atoms with Crippen LogP contribution in [0.4, 0.5) is 5.13 Å². The molecule has 1 amide bonds. The van der Waals surface area contributed by atoms with E-state index in [9.17, 15) is 19.5 Å². The largest absolute Gasteiger partial charge is 0.507 e. The molecule has 0 aliphatic carbocycles. The molecule has 2 heterocycles. The van der Waals surface area contributed by atoms with Gasteiger partial charge in [0, 0.05) is 5.56 Å². The summed E-state index contributed by atoms with van der Waals surface area (Å²) in [5.74, 6) is -1.12. The second-order valence-electron chi connectivity index (χ2n) is 10.5. The van der Waals surface area contributed by atoms with Crippen LogP contribution in [0.1, 0.15) is 85.4 Å². The number of benzene rings is 2. The Kier molecular flexibility index (Phi) is 11.6. The molecule has 1 fully saturated rings. The van der Waals surface area contributed by atoms with Crippen molar-refractivity contribution in [3.63, 3.8) is 0 Å². The lowest BCUT2D eigenvalue weighted by Crippen LogP contribution is -2.29.